The zero-order valence-corrected chi connectivity index (χ0v) is 16.2. The predicted molar refractivity (Wildman–Crippen MR) is 102 cm³/mol. The molecule has 0 aliphatic carbocycles. The Morgan fingerprint density at radius 1 is 1.30 bits per heavy atom. The number of urea groups is 1. The molecule has 3 rings (SSSR count). The molecule has 8 heteroatoms. The number of carbonyl (C=O) groups excluding carboxylic acids is 3. The third-order valence-electron chi connectivity index (χ3n) is 4.51. The number of hydrogen-bond acceptors (Lipinski definition) is 5. The second-order valence-electron chi connectivity index (χ2n) is 7.01. The number of pyridine rings is 1. The maximum absolute atomic E-state index is 12.8. The van der Waals surface area contributed by atoms with Crippen molar-refractivity contribution >= 4 is 29.2 Å². The quantitative estimate of drug-likeness (QED) is 0.745. The summed E-state index contributed by atoms with van der Waals surface area (Å²) in [6.07, 6.45) is 2.26. The number of aromatic nitrogens is 1. The van der Waals surface area contributed by atoms with Crippen molar-refractivity contribution < 1.29 is 14.4 Å². The van der Waals surface area contributed by atoms with Gasteiger partial charge in [-0.05, 0) is 44.4 Å². The first-order chi connectivity index (χ1) is 12.8. The van der Waals surface area contributed by atoms with Crippen LogP contribution in [-0.2, 0) is 16.0 Å². The van der Waals surface area contributed by atoms with Crippen LogP contribution >= 0.6 is 11.3 Å². The van der Waals surface area contributed by atoms with Gasteiger partial charge in [-0.2, -0.15) is 0 Å². The van der Waals surface area contributed by atoms with Gasteiger partial charge < -0.3 is 10.6 Å². The summed E-state index contributed by atoms with van der Waals surface area (Å²) in [5, 5.41) is 7.52. The summed E-state index contributed by atoms with van der Waals surface area (Å²) in [5.74, 6) is -0.814. The molecule has 1 fully saturated rings. The van der Waals surface area contributed by atoms with Crippen LogP contribution in [0.2, 0.25) is 0 Å². The van der Waals surface area contributed by atoms with Crippen LogP contribution in [0.3, 0.4) is 0 Å². The number of imide groups is 1. The predicted octanol–water partition coefficient (Wildman–Crippen LogP) is 2.26. The van der Waals surface area contributed by atoms with Crippen molar-refractivity contribution in [2.45, 2.75) is 44.8 Å². The lowest BCUT2D eigenvalue weighted by Crippen LogP contribution is -2.50. The number of rotatable bonds is 6. The Balaban J connectivity index is 1.78. The Morgan fingerprint density at radius 2 is 2.07 bits per heavy atom. The molecular formula is C19H22N4O3S. The van der Waals surface area contributed by atoms with Gasteiger partial charge in [-0.3, -0.25) is 14.6 Å². The molecule has 3 heterocycles. The molecule has 1 saturated heterocycles. The van der Waals surface area contributed by atoms with Crippen LogP contribution in [0.25, 0.3) is 0 Å². The van der Waals surface area contributed by atoms with Crippen molar-refractivity contribution in [3.8, 4) is 0 Å². The summed E-state index contributed by atoms with van der Waals surface area (Å²) in [6.45, 7) is 4.78. The molecule has 0 bridgehead atoms. The number of thiophene rings is 1. The molecule has 4 amide bonds. The Hall–Kier alpha value is -2.74. The highest BCUT2D eigenvalue weighted by molar-refractivity contribution is 7.09. The lowest BCUT2D eigenvalue weighted by molar-refractivity contribution is -0.137. The molecule has 0 aromatic carbocycles. The fraction of sp³-hybridized carbons (Fsp3) is 0.368. The number of hydrogen-bond donors (Lipinski definition) is 2. The minimum Gasteiger partial charge on any atom is -0.346 e. The van der Waals surface area contributed by atoms with E-state index in [1.807, 2.05) is 35.7 Å². The third-order valence-corrected chi connectivity index (χ3v) is 5.40. The topological polar surface area (TPSA) is 91.4 Å². The molecule has 142 valence electrons. The van der Waals surface area contributed by atoms with E-state index in [0.29, 0.717) is 6.42 Å². The van der Waals surface area contributed by atoms with Crippen LogP contribution in [0.15, 0.2) is 41.9 Å². The van der Waals surface area contributed by atoms with E-state index in [2.05, 4.69) is 15.6 Å². The maximum atomic E-state index is 12.8. The van der Waals surface area contributed by atoms with Crippen LogP contribution in [0, 0.1) is 0 Å². The standard InChI is InChI=1S/C19H22N4O3S/c1-12(23-17(25)19(2,3)22-18(23)26)16(24)21-15(11-13-7-6-10-27-13)14-8-4-5-9-20-14/h4-10,12,15H,11H2,1-3H3,(H,21,24)(H,22,26)/t12-,15-/m1/s1. The summed E-state index contributed by atoms with van der Waals surface area (Å²) in [4.78, 5) is 43.9. The van der Waals surface area contributed by atoms with E-state index in [0.717, 1.165) is 15.5 Å². The molecule has 1 aliphatic rings. The number of nitrogens with one attached hydrogen (secondary N) is 2. The van der Waals surface area contributed by atoms with Crippen molar-refractivity contribution in [3.05, 3.63) is 52.5 Å². The Bertz CT molecular complexity index is 836. The average molecular weight is 386 g/mol. The average Bonchev–Trinajstić information content (AvgIpc) is 3.20. The van der Waals surface area contributed by atoms with E-state index in [1.54, 1.807) is 38.3 Å². The molecule has 2 atom stereocenters. The molecular weight excluding hydrogens is 364 g/mol. The highest BCUT2D eigenvalue weighted by Gasteiger charge is 2.48. The molecule has 0 unspecified atom stereocenters. The van der Waals surface area contributed by atoms with E-state index >= 15 is 0 Å². The molecule has 2 aromatic heterocycles. The van der Waals surface area contributed by atoms with Gasteiger partial charge in [0.05, 0.1) is 11.7 Å². The fourth-order valence-electron chi connectivity index (χ4n) is 2.98. The van der Waals surface area contributed by atoms with Gasteiger partial charge in [-0.25, -0.2) is 9.69 Å². The van der Waals surface area contributed by atoms with Crippen molar-refractivity contribution in [1.82, 2.24) is 20.5 Å². The zero-order valence-electron chi connectivity index (χ0n) is 15.4. The first-order valence-electron chi connectivity index (χ1n) is 8.69. The number of amides is 4. The first-order valence-corrected chi connectivity index (χ1v) is 9.57. The third kappa shape index (κ3) is 4.00. The normalized spacial score (nSPS) is 18.1. The first kappa shape index (κ1) is 19.0. The molecule has 2 N–H and O–H groups in total. The maximum Gasteiger partial charge on any atom is 0.325 e. The Kier molecular flexibility index (Phi) is 5.27. The minimum absolute atomic E-state index is 0.353. The van der Waals surface area contributed by atoms with Gasteiger partial charge in [0, 0.05) is 17.5 Å². The van der Waals surface area contributed by atoms with E-state index in [-0.39, 0.29) is 6.04 Å². The Morgan fingerprint density at radius 3 is 2.63 bits per heavy atom. The lowest BCUT2D eigenvalue weighted by atomic mass is 10.1. The van der Waals surface area contributed by atoms with Crippen LogP contribution in [0.4, 0.5) is 4.79 Å². The molecule has 1 aliphatic heterocycles. The van der Waals surface area contributed by atoms with Crippen molar-refractivity contribution in [2.75, 3.05) is 0 Å². The molecule has 0 saturated carbocycles. The molecule has 2 aromatic rings. The second kappa shape index (κ2) is 7.48. The molecule has 0 radical (unpaired) electrons. The van der Waals surface area contributed by atoms with Gasteiger partial charge in [-0.15, -0.1) is 11.3 Å². The summed E-state index contributed by atoms with van der Waals surface area (Å²) in [6, 6.07) is 7.64. The lowest BCUT2D eigenvalue weighted by Gasteiger charge is -2.25. The monoisotopic (exact) mass is 386 g/mol. The van der Waals surface area contributed by atoms with E-state index < -0.39 is 29.4 Å². The van der Waals surface area contributed by atoms with Crippen LogP contribution in [0.5, 0.6) is 0 Å². The van der Waals surface area contributed by atoms with Crippen LogP contribution < -0.4 is 10.6 Å². The smallest absolute Gasteiger partial charge is 0.325 e. The van der Waals surface area contributed by atoms with Gasteiger partial charge in [0.2, 0.25) is 5.91 Å². The van der Waals surface area contributed by atoms with E-state index in [9.17, 15) is 14.4 Å². The van der Waals surface area contributed by atoms with Crippen molar-refractivity contribution in [2.24, 2.45) is 0 Å². The van der Waals surface area contributed by atoms with E-state index in [4.69, 9.17) is 0 Å². The molecule has 27 heavy (non-hydrogen) atoms. The van der Waals surface area contributed by atoms with Crippen LogP contribution in [0.1, 0.15) is 37.4 Å². The number of carbonyl (C=O) groups is 3. The van der Waals surface area contributed by atoms with Gasteiger partial charge in [0.25, 0.3) is 5.91 Å². The van der Waals surface area contributed by atoms with Gasteiger partial charge in [0.15, 0.2) is 0 Å². The summed E-state index contributed by atoms with van der Waals surface area (Å²) in [5.41, 5.74) is -0.285. The largest absolute Gasteiger partial charge is 0.346 e. The van der Waals surface area contributed by atoms with Gasteiger partial charge in [0.1, 0.15) is 11.6 Å². The number of nitrogens with zero attached hydrogens (tertiary/aromatic N) is 2. The zero-order chi connectivity index (χ0) is 19.6. The molecule has 7 nitrogen and oxygen atoms in total. The van der Waals surface area contributed by atoms with Gasteiger partial charge in [-0.1, -0.05) is 12.1 Å². The SMILES string of the molecule is C[C@H](C(=O)N[C@H](Cc1cccs1)c1ccccn1)N1C(=O)NC(C)(C)C1=O. The molecule has 0 spiro atoms. The highest BCUT2D eigenvalue weighted by Crippen LogP contribution is 2.22. The van der Waals surface area contributed by atoms with Crippen LogP contribution in [-0.4, -0.2) is 39.3 Å². The van der Waals surface area contributed by atoms with Crippen molar-refractivity contribution in [3.63, 3.8) is 0 Å². The summed E-state index contributed by atoms with van der Waals surface area (Å²) < 4.78 is 0. The van der Waals surface area contributed by atoms with Crippen molar-refractivity contribution in [1.29, 1.82) is 0 Å². The van der Waals surface area contributed by atoms with E-state index in [1.165, 1.54) is 0 Å². The summed E-state index contributed by atoms with van der Waals surface area (Å²) >= 11 is 1.60. The van der Waals surface area contributed by atoms with Gasteiger partial charge >= 0.3 is 6.03 Å². The fourth-order valence-corrected chi connectivity index (χ4v) is 3.73. The summed E-state index contributed by atoms with van der Waals surface area (Å²) in [7, 11) is 0. The Labute approximate surface area is 161 Å². The highest BCUT2D eigenvalue weighted by atomic mass is 32.1. The minimum atomic E-state index is -1.01. The second-order valence-corrected chi connectivity index (χ2v) is 8.04.